The van der Waals surface area contributed by atoms with Gasteiger partial charge in [0.2, 0.25) is 5.91 Å². The Morgan fingerprint density at radius 2 is 1.26 bits per heavy atom. The van der Waals surface area contributed by atoms with E-state index in [-0.39, 0.29) is 65.9 Å². The number of imidazole rings is 2. The summed E-state index contributed by atoms with van der Waals surface area (Å²) in [6.07, 6.45) is 8.26. The number of halogens is 1. The van der Waals surface area contributed by atoms with Gasteiger partial charge in [-0.05, 0) is 137 Å². The van der Waals surface area contributed by atoms with E-state index in [1.54, 1.807) is 12.1 Å². The first-order chi connectivity index (χ1) is 32.8. The van der Waals surface area contributed by atoms with Gasteiger partial charge in [0.1, 0.15) is 17.7 Å². The highest BCUT2D eigenvalue weighted by Gasteiger charge is 2.40. The molecule has 3 aromatic carbocycles. The van der Waals surface area contributed by atoms with Gasteiger partial charge in [-0.3, -0.25) is 9.69 Å². The third-order valence-electron chi connectivity index (χ3n) is 15.1. The van der Waals surface area contributed by atoms with Crippen LogP contribution in [0, 0.1) is 17.7 Å². The van der Waals surface area contributed by atoms with Crippen molar-refractivity contribution in [3.8, 4) is 5.75 Å². The lowest BCUT2D eigenvalue weighted by atomic mass is 9.96. The van der Waals surface area contributed by atoms with Crippen LogP contribution in [0.5, 0.6) is 5.75 Å². The summed E-state index contributed by atoms with van der Waals surface area (Å²) in [5.74, 6) is 1.46. The number of H-pyrrole nitrogens is 2. The Morgan fingerprint density at radius 1 is 0.676 bits per heavy atom. The van der Waals surface area contributed by atoms with E-state index in [1.807, 2.05) is 30.9 Å². The summed E-state index contributed by atoms with van der Waals surface area (Å²) in [5, 5.41) is 5.81. The van der Waals surface area contributed by atoms with Crippen LogP contribution in [-0.2, 0) is 14.3 Å². The monoisotopic (exact) mass is 934 g/mol. The summed E-state index contributed by atoms with van der Waals surface area (Å²) in [4.78, 5) is 62.5. The van der Waals surface area contributed by atoms with Crippen molar-refractivity contribution in [1.82, 2.24) is 40.4 Å². The Labute approximate surface area is 398 Å². The number of rotatable bonds is 14. The van der Waals surface area contributed by atoms with Gasteiger partial charge in [-0.15, -0.1) is 0 Å². The SMILES string of the molecule is COC(=O)N[C@@H](C(C)C)C(C)N1CCC[C@H]1c1nc2ccc([C@H]3CC[C@H](c4ccc5nc([C@@H]6CCCN6C(=O)[C@@H](NC(=O)OC)C(C)C)[nH]c5c4)N3c3ccc(OC4CCCC4)c(F)c3)cc2[nH]1. The third-order valence-corrected chi connectivity index (χ3v) is 15.1. The van der Waals surface area contributed by atoms with Crippen molar-refractivity contribution in [2.24, 2.45) is 11.8 Å². The number of benzene rings is 3. The molecule has 1 aliphatic carbocycles. The molecule has 4 N–H and O–H groups in total. The van der Waals surface area contributed by atoms with Crippen LogP contribution in [-0.4, -0.2) is 99.4 Å². The molecule has 0 radical (unpaired) electrons. The molecule has 0 spiro atoms. The number of amides is 3. The van der Waals surface area contributed by atoms with E-state index < -0.39 is 18.2 Å². The van der Waals surface area contributed by atoms with Crippen LogP contribution >= 0.6 is 0 Å². The molecule has 9 rings (SSSR count). The maximum atomic E-state index is 16.2. The quantitative estimate of drug-likeness (QED) is 0.0841. The van der Waals surface area contributed by atoms with Crippen LogP contribution in [0.25, 0.3) is 22.1 Å². The lowest BCUT2D eigenvalue weighted by Gasteiger charge is -2.37. The van der Waals surface area contributed by atoms with Gasteiger partial charge in [0.25, 0.3) is 0 Å². The number of nitrogens with one attached hydrogen (secondary N) is 4. The normalized spacial score (nSPS) is 22.7. The molecular weight excluding hydrogens is 866 g/mol. The van der Waals surface area contributed by atoms with Crippen LogP contribution in [0.15, 0.2) is 54.6 Å². The van der Waals surface area contributed by atoms with Crippen molar-refractivity contribution in [1.29, 1.82) is 0 Å². The number of carbonyl (C=O) groups is 3. The van der Waals surface area contributed by atoms with Crippen molar-refractivity contribution >= 4 is 45.8 Å². The second kappa shape index (κ2) is 20.0. The van der Waals surface area contributed by atoms with E-state index in [4.69, 9.17) is 24.2 Å². The molecule has 3 saturated heterocycles. The molecule has 16 heteroatoms. The zero-order valence-electron chi connectivity index (χ0n) is 40.5. The minimum Gasteiger partial charge on any atom is -0.487 e. The standard InChI is InChI=1S/C52H68FN9O6/c1-29(2)46(58-51(64)66-6)31(5)60-24-10-14-43(60)48-54-37-19-16-32(26-39(37)56-48)41-21-22-42(62(41)34-18-23-45(36(53)28-34)68-35-12-8-9-13-35)33-17-20-38-40(27-33)57-49(55-38)44-15-11-25-61(44)50(63)47(30(3)4)59-52(65)67-7/h16-20,23,26-31,35,41-44,46-47H,8-15,21-22,24-25H2,1-7H3,(H,54,56)(H,55,57)(H,58,64)(H,59,65)/t31?,41-,42-,43+,44+,46+,47+/m1/s1. The number of ether oxygens (including phenoxy) is 3. The van der Waals surface area contributed by atoms with Gasteiger partial charge in [-0.2, -0.15) is 0 Å². The fourth-order valence-corrected chi connectivity index (χ4v) is 11.6. The van der Waals surface area contributed by atoms with Gasteiger partial charge in [0, 0.05) is 30.4 Å². The number of nitrogens with zero attached hydrogens (tertiary/aromatic N) is 5. The maximum Gasteiger partial charge on any atom is 0.407 e. The second-order valence-electron chi connectivity index (χ2n) is 20.0. The number of aromatic amines is 2. The van der Waals surface area contributed by atoms with Crippen LogP contribution in [0.1, 0.15) is 146 Å². The molecule has 7 atom stereocenters. The van der Waals surface area contributed by atoms with Crippen LogP contribution in [0.2, 0.25) is 0 Å². The first kappa shape index (κ1) is 47.2. The number of hydrogen-bond donors (Lipinski definition) is 4. The van der Waals surface area contributed by atoms with Gasteiger partial charge in [0.05, 0.1) is 66.6 Å². The summed E-state index contributed by atoms with van der Waals surface area (Å²) in [6.45, 7) is 11.7. The van der Waals surface area contributed by atoms with Crippen molar-refractivity contribution in [3.05, 3.63) is 83.2 Å². The summed E-state index contributed by atoms with van der Waals surface area (Å²) < 4.78 is 32.2. The molecule has 0 bridgehead atoms. The highest BCUT2D eigenvalue weighted by atomic mass is 19.1. The molecule has 2 aromatic heterocycles. The molecule has 4 fully saturated rings. The topological polar surface area (TPSA) is 170 Å². The predicted octanol–water partition coefficient (Wildman–Crippen LogP) is 9.93. The average Bonchev–Trinajstić information content (AvgIpc) is 4.20. The predicted molar refractivity (Wildman–Crippen MR) is 259 cm³/mol. The Balaban J connectivity index is 1.01. The van der Waals surface area contributed by atoms with Gasteiger partial charge >= 0.3 is 12.2 Å². The van der Waals surface area contributed by atoms with Crippen molar-refractivity contribution in [3.63, 3.8) is 0 Å². The number of hydrogen-bond acceptors (Lipinski definition) is 10. The summed E-state index contributed by atoms with van der Waals surface area (Å²) in [7, 11) is 2.69. The molecule has 3 aliphatic heterocycles. The molecular formula is C52H68FN9O6. The largest absolute Gasteiger partial charge is 0.487 e. The van der Waals surface area contributed by atoms with E-state index in [0.717, 1.165) is 115 Å². The lowest BCUT2D eigenvalue weighted by molar-refractivity contribution is -0.135. The van der Waals surface area contributed by atoms with E-state index in [1.165, 1.54) is 14.2 Å². The lowest BCUT2D eigenvalue weighted by Crippen LogP contribution is -2.52. The van der Waals surface area contributed by atoms with Crippen LogP contribution < -0.4 is 20.3 Å². The minimum absolute atomic E-state index is 0.0370. The zero-order chi connectivity index (χ0) is 47.8. The van der Waals surface area contributed by atoms with Crippen molar-refractivity contribution in [2.75, 3.05) is 32.2 Å². The van der Waals surface area contributed by atoms with Crippen molar-refractivity contribution in [2.45, 2.75) is 147 Å². The Kier molecular flexibility index (Phi) is 13.9. The number of alkyl carbamates (subject to hydrolysis) is 2. The third kappa shape index (κ3) is 9.44. The van der Waals surface area contributed by atoms with E-state index >= 15 is 4.39 Å². The zero-order valence-corrected chi connectivity index (χ0v) is 40.5. The summed E-state index contributed by atoms with van der Waals surface area (Å²) in [5.41, 5.74) is 6.46. The number of fused-ring (bicyclic) bond motifs is 2. The highest BCUT2D eigenvalue weighted by molar-refractivity contribution is 5.86. The van der Waals surface area contributed by atoms with Gasteiger partial charge in [-0.25, -0.2) is 23.9 Å². The summed E-state index contributed by atoms with van der Waals surface area (Å²) in [6, 6.07) is 17.1. The van der Waals surface area contributed by atoms with E-state index in [9.17, 15) is 14.4 Å². The molecule has 1 unspecified atom stereocenters. The van der Waals surface area contributed by atoms with Gasteiger partial charge < -0.3 is 44.6 Å². The molecule has 15 nitrogen and oxygen atoms in total. The van der Waals surface area contributed by atoms with E-state index in [0.29, 0.717) is 18.1 Å². The molecule has 5 aromatic rings. The molecule has 68 heavy (non-hydrogen) atoms. The average molecular weight is 934 g/mol. The molecule has 3 amide bonds. The molecule has 4 aliphatic rings. The molecule has 5 heterocycles. The van der Waals surface area contributed by atoms with Crippen molar-refractivity contribution < 1.29 is 33.0 Å². The maximum absolute atomic E-state index is 16.2. The Bertz CT molecular complexity index is 2610. The van der Waals surface area contributed by atoms with Gasteiger partial charge in [-0.1, -0.05) is 39.8 Å². The fourth-order valence-electron chi connectivity index (χ4n) is 11.6. The molecule has 364 valence electrons. The number of anilines is 1. The second-order valence-corrected chi connectivity index (χ2v) is 20.0. The summed E-state index contributed by atoms with van der Waals surface area (Å²) >= 11 is 0. The number of carbonyl (C=O) groups excluding carboxylic acids is 3. The number of methoxy groups -OCH3 is 2. The van der Waals surface area contributed by atoms with Crippen LogP contribution in [0.3, 0.4) is 0 Å². The Morgan fingerprint density at radius 3 is 1.85 bits per heavy atom. The minimum atomic E-state index is -0.725. The molecule has 1 saturated carbocycles. The number of aromatic nitrogens is 4. The Hall–Kier alpha value is -5.90. The smallest absolute Gasteiger partial charge is 0.407 e. The van der Waals surface area contributed by atoms with E-state index in [2.05, 4.69) is 81.5 Å². The number of likely N-dealkylation sites (tertiary alicyclic amines) is 2. The first-order valence-electron chi connectivity index (χ1n) is 24.8. The highest BCUT2D eigenvalue weighted by Crippen LogP contribution is 2.49. The first-order valence-corrected chi connectivity index (χ1v) is 24.8. The van der Waals surface area contributed by atoms with Crippen LogP contribution in [0.4, 0.5) is 19.7 Å². The van der Waals surface area contributed by atoms with Gasteiger partial charge in [0.15, 0.2) is 11.6 Å². The fraction of sp³-hybridized carbons (Fsp3) is 0.558.